The molecule has 0 aliphatic carbocycles. The van der Waals surface area contributed by atoms with E-state index in [0.717, 1.165) is 24.6 Å². The minimum Gasteiger partial charge on any atom is -0.355 e. The molecule has 7 heteroatoms. The molecule has 0 bridgehead atoms. The quantitative estimate of drug-likeness (QED) is 0.474. The highest BCUT2D eigenvalue weighted by Crippen LogP contribution is 2.20. The molecule has 0 aromatic heterocycles. The van der Waals surface area contributed by atoms with Crippen LogP contribution in [0.5, 0.6) is 0 Å². The van der Waals surface area contributed by atoms with Crippen molar-refractivity contribution in [3.63, 3.8) is 0 Å². The van der Waals surface area contributed by atoms with Gasteiger partial charge in [0.1, 0.15) is 0 Å². The van der Waals surface area contributed by atoms with Gasteiger partial charge in [-0.1, -0.05) is 31.5 Å². The zero-order chi connectivity index (χ0) is 18.4. The van der Waals surface area contributed by atoms with E-state index in [1.54, 1.807) is 31.3 Å². The fourth-order valence-corrected chi connectivity index (χ4v) is 4.36. The van der Waals surface area contributed by atoms with E-state index in [2.05, 4.69) is 33.8 Å². The van der Waals surface area contributed by atoms with Crippen LogP contribution in [0.2, 0.25) is 0 Å². The van der Waals surface area contributed by atoms with Crippen LogP contribution in [0.3, 0.4) is 0 Å². The van der Waals surface area contributed by atoms with Crippen LogP contribution in [-0.4, -0.2) is 52.5 Å². The maximum atomic E-state index is 12.3. The van der Waals surface area contributed by atoms with Gasteiger partial charge in [-0.15, -0.1) is 0 Å². The summed E-state index contributed by atoms with van der Waals surface area (Å²) in [4.78, 5) is 6.89. The second-order valence-corrected chi connectivity index (χ2v) is 8.80. The number of rotatable bonds is 5. The van der Waals surface area contributed by atoms with Gasteiger partial charge in [-0.05, 0) is 37.3 Å². The van der Waals surface area contributed by atoms with Gasteiger partial charge in [-0.25, -0.2) is 13.1 Å². The minimum absolute atomic E-state index is 0.293. The second kappa shape index (κ2) is 8.67. The predicted molar refractivity (Wildman–Crippen MR) is 102 cm³/mol. The van der Waals surface area contributed by atoms with E-state index in [1.807, 2.05) is 6.92 Å². The first-order chi connectivity index (χ1) is 11.8. The molecule has 25 heavy (non-hydrogen) atoms. The van der Waals surface area contributed by atoms with Crippen molar-refractivity contribution < 1.29 is 8.42 Å². The standard InChI is InChI=1S/C18H30N4O2S/c1-14-5-7-17(8-6-14)25(23,24)21-10-9-20-18(19-4)22-12-15(2)11-16(3)13-22/h5-8,15-16,21H,9-13H2,1-4H3,(H,19,20). The molecule has 2 atom stereocenters. The van der Waals surface area contributed by atoms with E-state index in [9.17, 15) is 8.42 Å². The molecule has 2 rings (SSSR count). The molecule has 1 aromatic carbocycles. The van der Waals surface area contributed by atoms with Crippen LogP contribution in [0.25, 0.3) is 0 Å². The van der Waals surface area contributed by atoms with E-state index < -0.39 is 10.0 Å². The van der Waals surface area contributed by atoms with Crippen molar-refractivity contribution in [1.82, 2.24) is 14.9 Å². The van der Waals surface area contributed by atoms with Crippen LogP contribution in [0, 0.1) is 18.8 Å². The van der Waals surface area contributed by atoms with Crippen molar-refractivity contribution in [2.24, 2.45) is 16.8 Å². The summed E-state index contributed by atoms with van der Waals surface area (Å²) in [5.74, 6) is 2.12. The van der Waals surface area contributed by atoms with Crippen LogP contribution in [0.1, 0.15) is 25.8 Å². The van der Waals surface area contributed by atoms with Gasteiger partial charge in [0, 0.05) is 33.2 Å². The molecule has 0 spiro atoms. The fourth-order valence-electron chi connectivity index (χ4n) is 3.33. The van der Waals surface area contributed by atoms with Gasteiger partial charge in [0.15, 0.2) is 5.96 Å². The number of sulfonamides is 1. The van der Waals surface area contributed by atoms with Crippen molar-refractivity contribution in [1.29, 1.82) is 0 Å². The lowest BCUT2D eigenvalue weighted by atomic mass is 9.92. The maximum absolute atomic E-state index is 12.3. The molecule has 1 aromatic rings. The third-order valence-electron chi connectivity index (χ3n) is 4.41. The number of nitrogens with one attached hydrogen (secondary N) is 2. The molecule has 1 fully saturated rings. The smallest absolute Gasteiger partial charge is 0.240 e. The van der Waals surface area contributed by atoms with E-state index in [0.29, 0.717) is 29.8 Å². The Morgan fingerprint density at radius 1 is 1.16 bits per heavy atom. The van der Waals surface area contributed by atoms with Crippen molar-refractivity contribution in [3.05, 3.63) is 29.8 Å². The number of piperidine rings is 1. The molecule has 2 N–H and O–H groups in total. The Bertz CT molecular complexity index is 676. The van der Waals surface area contributed by atoms with E-state index >= 15 is 0 Å². The van der Waals surface area contributed by atoms with Gasteiger partial charge in [-0.2, -0.15) is 0 Å². The molecule has 1 saturated heterocycles. The second-order valence-electron chi connectivity index (χ2n) is 7.04. The van der Waals surface area contributed by atoms with Crippen LogP contribution in [0.4, 0.5) is 0 Å². The third kappa shape index (κ3) is 5.71. The highest BCUT2D eigenvalue weighted by Gasteiger charge is 2.23. The lowest BCUT2D eigenvalue weighted by Gasteiger charge is -2.37. The lowest BCUT2D eigenvalue weighted by molar-refractivity contribution is 0.208. The minimum atomic E-state index is -3.47. The first-order valence-electron chi connectivity index (χ1n) is 8.83. The first-order valence-corrected chi connectivity index (χ1v) is 10.3. The number of likely N-dealkylation sites (tertiary alicyclic amines) is 1. The summed E-state index contributed by atoms with van der Waals surface area (Å²) in [6, 6.07) is 6.85. The number of benzene rings is 1. The Hall–Kier alpha value is -1.60. The zero-order valence-corrected chi connectivity index (χ0v) is 16.4. The Labute approximate surface area is 151 Å². The summed E-state index contributed by atoms with van der Waals surface area (Å²) in [6.07, 6.45) is 1.24. The van der Waals surface area contributed by atoms with Crippen LogP contribution in [0.15, 0.2) is 34.2 Å². The molecule has 1 heterocycles. The van der Waals surface area contributed by atoms with Gasteiger partial charge in [0.25, 0.3) is 0 Å². The summed E-state index contributed by atoms with van der Waals surface area (Å²) in [5, 5.41) is 3.26. The Kier molecular flexibility index (Phi) is 6.84. The van der Waals surface area contributed by atoms with Crippen molar-refractivity contribution >= 4 is 16.0 Å². The summed E-state index contributed by atoms with van der Waals surface area (Å²) in [7, 11) is -1.70. The summed E-state index contributed by atoms with van der Waals surface area (Å²) in [6.45, 7) is 9.22. The lowest BCUT2D eigenvalue weighted by Crippen LogP contribution is -2.49. The first kappa shape index (κ1) is 19.7. The van der Waals surface area contributed by atoms with Crippen molar-refractivity contribution in [2.45, 2.75) is 32.1 Å². The number of hydrogen-bond donors (Lipinski definition) is 2. The normalized spacial score (nSPS) is 22.1. The summed E-state index contributed by atoms with van der Waals surface area (Å²) >= 11 is 0. The molecule has 0 saturated carbocycles. The Morgan fingerprint density at radius 3 is 2.32 bits per heavy atom. The third-order valence-corrected chi connectivity index (χ3v) is 5.89. The SMILES string of the molecule is CN=C(NCCNS(=O)(=O)c1ccc(C)cc1)N1CC(C)CC(C)C1. The fraction of sp³-hybridized carbons (Fsp3) is 0.611. The zero-order valence-electron chi connectivity index (χ0n) is 15.6. The molecule has 6 nitrogen and oxygen atoms in total. The Morgan fingerprint density at radius 2 is 1.76 bits per heavy atom. The van der Waals surface area contributed by atoms with E-state index in [1.165, 1.54) is 6.42 Å². The highest BCUT2D eigenvalue weighted by molar-refractivity contribution is 7.89. The molecule has 1 aliphatic heterocycles. The number of hydrogen-bond acceptors (Lipinski definition) is 3. The summed E-state index contributed by atoms with van der Waals surface area (Å²) < 4.78 is 27.2. The van der Waals surface area contributed by atoms with E-state index in [4.69, 9.17) is 0 Å². The maximum Gasteiger partial charge on any atom is 0.240 e. The van der Waals surface area contributed by atoms with Gasteiger partial charge in [-0.3, -0.25) is 4.99 Å². The van der Waals surface area contributed by atoms with Gasteiger partial charge < -0.3 is 10.2 Å². The average Bonchev–Trinajstić information content (AvgIpc) is 2.54. The number of guanidine groups is 1. The van der Waals surface area contributed by atoms with Gasteiger partial charge >= 0.3 is 0 Å². The van der Waals surface area contributed by atoms with Crippen molar-refractivity contribution in [2.75, 3.05) is 33.2 Å². The number of aryl methyl sites for hydroxylation is 1. The topological polar surface area (TPSA) is 73.8 Å². The van der Waals surface area contributed by atoms with Crippen molar-refractivity contribution in [3.8, 4) is 0 Å². The molecule has 1 aliphatic rings. The van der Waals surface area contributed by atoms with Crippen LogP contribution >= 0.6 is 0 Å². The predicted octanol–water partition coefficient (Wildman–Crippen LogP) is 1.83. The molecule has 0 radical (unpaired) electrons. The molecule has 0 amide bonds. The number of aliphatic imine (C=N–C) groups is 1. The van der Waals surface area contributed by atoms with Crippen LogP contribution < -0.4 is 10.0 Å². The molecular formula is C18H30N4O2S. The molecule has 2 unspecified atom stereocenters. The molecule has 140 valence electrons. The Balaban J connectivity index is 1.84. The van der Waals surface area contributed by atoms with Gasteiger partial charge in [0.2, 0.25) is 10.0 Å². The monoisotopic (exact) mass is 366 g/mol. The number of nitrogens with zero attached hydrogens (tertiary/aromatic N) is 2. The van der Waals surface area contributed by atoms with Crippen LogP contribution in [-0.2, 0) is 10.0 Å². The highest BCUT2D eigenvalue weighted by atomic mass is 32.2. The molecular weight excluding hydrogens is 336 g/mol. The largest absolute Gasteiger partial charge is 0.355 e. The van der Waals surface area contributed by atoms with Gasteiger partial charge in [0.05, 0.1) is 4.90 Å². The average molecular weight is 367 g/mol. The summed E-state index contributed by atoms with van der Waals surface area (Å²) in [5.41, 5.74) is 1.04. The van der Waals surface area contributed by atoms with E-state index in [-0.39, 0.29) is 0 Å².